The van der Waals surface area contributed by atoms with Crippen LogP contribution < -0.4 is 5.56 Å². The van der Waals surface area contributed by atoms with Gasteiger partial charge in [-0.1, -0.05) is 30.3 Å². The molecule has 0 amide bonds. The van der Waals surface area contributed by atoms with Gasteiger partial charge in [-0.05, 0) is 0 Å². The Morgan fingerprint density at radius 1 is 1.21 bits per heavy atom. The molecule has 70 valence electrons. The molecule has 14 heavy (non-hydrogen) atoms. The number of aromatic nitrogens is 2. The van der Waals surface area contributed by atoms with Gasteiger partial charge in [0.2, 0.25) is 5.82 Å². The van der Waals surface area contributed by atoms with Crippen molar-refractivity contribution >= 4 is 0 Å². The maximum absolute atomic E-state index is 13.3. The Balaban J connectivity index is 2.64. The maximum Gasteiger partial charge on any atom is 0.287 e. The molecule has 0 aliphatic heterocycles. The van der Waals surface area contributed by atoms with Crippen LogP contribution in [0.3, 0.4) is 0 Å². The molecule has 1 aromatic heterocycles. The van der Waals surface area contributed by atoms with Crippen molar-refractivity contribution in [3.8, 4) is 11.3 Å². The number of hydrogen-bond acceptors (Lipinski definition) is 2. The molecular weight excluding hydrogens is 183 g/mol. The predicted octanol–water partition coefficient (Wildman–Crippen LogP) is 1.58. The zero-order chi connectivity index (χ0) is 9.97. The lowest BCUT2D eigenvalue weighted by molar-refractivity contribution is 0.605. The highest BCUT2D eigenvalue weighted by Crippen LogP contribution is 2.16. The number of rotatable bonds is 1. The summed E-state index contributed by atoms with van der Waals surface area (Å²) in [7, 11) is 0. The first-order chi connectivity index (χ1) is 6.79. The molecule has 0 saturated carbocycles. The van der Waals surface area contributed by atoms with Gasteiger partial charge in [0.25, 0.3) is 5.56 Å². The molecule has 0 atom stereocenters. The zero-order valence-corrected chi connectivity index (χ0v) is 7.20. The van der Waals surface area contributed by atoms with Crippen LogP contribution in [0.15, 0.2) is 41.5 Å². The molecule has 0 spiro atoms. The number of hydrogen-bond donors (Lipinski definition) is 1. The van der Waals surface area contributed by atoms with Crippen molar-refractivity contribution in [2.45, 2.75) is 0 Å². The number of benzene rings is 1. The lowest BCUT2D eigenvalue weighted by Gasteiger charge is -1.99. The lowest BCUT2D eigenvalue weighted by atomic mass is 10.1. The van der Waals surface area contributed by atoms with E-state index in [9.17, 15) is 9.18 Å². The Labute approximate surface area is 79.3 Å². The van der Waals surface area contributed by atoms with Gasteiger partial charge >= 0.3 is 0 Å². The summed E-state index contributed by atoms with van der Waals surface area (Å²) < 4.78 is 13.3. The molecule has 0 saturated heterocycles. The van der Waals surface area contributed by atoms with E-state index in [1.165, 1.54) is 6.33 Å². The van der Waals surface area contributed by atoms with E-state index in [-0.39, 0.29) is 5.69 Å². The van der Waals surface area contributed by atoms with Crippen LogP contribution in [0.25, 0.3) is 11.3 Å². The molecule has 0 unspecified atom stereocenters. The first-order valence-electron chi connectivity index (χ1n) is 4.07. The van der Waals surface area contributed by atoms with E-state index in [1.54, 1.807) is 24.3 Å². The van der Waals surface area contributed by atoms with Crippen molar-refractivity contribution in [3.63, 3.8) is 0 Å². The van der Waals surface area contributed by atoms with Crippen molar-refractivity contribution < 1.29 is 4.39 Å². The third-order valence-corrected chi connectivity index (χ3v) is 1.84. The van der Waals surface area contributed by atoms with Gasteiger partial charge in [0.15, 0.2) is 0 Å². The summed E-state index contributed by atoms with van der Waals surface area (Å²) in [5, 5.41) is 0. The molecule has 2 rings (SSSR count). The van der Waals surface area contributed by atoms with Gasteiger partial charge in [-0.25, -0.2) is 4.98 Å². The highest BCUT2D eigenvalue weighted by atomic mass is 19.1. The zero-order valence-electron chi connectivity index (χ0n) is 7.20. The van der Waals surface area contributed by atoms with Gasteiger partial charge in [-0.3, -0.25) is 4.79 Å². The van der Waals surface area contributed by atoms with Crippen molar-refractivity contribution in [2.75, 3.05) is 0 Å². The summed E-state index contributed by atoms with van der Waals surface area (Å²) in [6.45, 7) is 0. The number of aromatic amines is 1. The summed E-state index contributed by atoms with van der Waals surface area (Å²) in [6.07, 6.45) is 1.19. The first-order valence-corrected chi connectivity index (χ1v) is 4.07. The molecule has 4 heteroatoms. The summed E-state index contributed by atoms with van der Waals surface area (Å²) >= 11 is 0. The number of halogens is 1. The number of nitrogens with one attached hydrogen (secondary N) is 1. The van der Waals surface area contributed by atoms with E-state index in [0.717, 1.165) is 0 Å². The molecule has 2 aromatic rings. The van der Waals surface area contributed by atoms with Crippen LogP contribution in [0.1, 0.15) is 0 Å². The van der Waals surface area contributed by atoms with Crippen LogP contribution >= 0.6 is 0 Å². The van der Waals surface area contributed by atoms with Crippen LogP contribution in [0.4, 0.5) is 4.39 Å². The molecule has 1 N–H and O–H groups in total. The highest BCUT2D eigenvalue weighted by Gasteiger charge is 2.08. The van der Waals surface area contributed by atoms with Gasteiger partial charge in [0.1, 0.15) is 5.69 Å². The number of H-pyrrole nitrogens is 1. The summed E-state index contributed by atoms with van der Waals surface area (Å²) in [4.78, 5) is 16.9. The monoisotopic (exact) mass is 190 g/mol. The Kier molecular flexibility index (Phi) is 2.10. The molecule has 0 fully saturated rings. The second kappa shape index (κ2) is 3.41. The lowest BCUT2D eigenvalue weighted by Crippen LogP contribution is -2.12. The molecule has 0 aliphatic carbocycles. The maximum atomic E-state index is 13.3. The van der Waals surface area contributed by atoms with E-state index < -0.39 is 11.4 Å². The summed E-state index contributed by atoms with van der Waals surface area (Å²) in [5.74, 6) is -0.848. The third-order valence-electron chi connectivity index (χ3n) is 1.84. The van der Waals surface area contributed by atoms with Gasteiger partial charge in [0.05, 0.1) is 6.33 Å². The van der Waals surface area contributed by atoms with Crippen molar-refractivity contribution in [2.24, 2.45) is 0 Å². The molecule has 1 aromatic carbocycles. The SMILES string of the molecule is O=c1[nH]cnc(-c2ccccc2)c1F. The summed E-state index contributed by atoms with van der Waals surface area (Å²) in [6, 6.07) is 8.74. The fourth-order valence-corrected chi connectivity index (χ4v) is 1.18. The van der Waals surface area contributed by atoms with Crippen molar-refractivity contribution in [1.82, 2.24) is 9.97 Å². The topological polar surface area (TPSA) is 45.8 Å². The standard InChI is InChI=1S/C10H7FN2O/c11-8-9(12-6-13-10(8)14)7-4-2-1-3-5-7/h1-6H,(H,12,13,14). The Hall–Kier alpha value is -1.97. The van der Waals surface area contributed by atoms with Gasteiger partial charge in [0, 0.05) is 5.56 Å². The quantitative estimate of drug-likeness (QED) is 0.741. The minimum atomic E-state index is -0.848. The van der Waals surface area contributed by atoms with Crippen molar-refractivity contribution in [3.05, 3.63) is 52.8 Å². The fourth-order valence-electron chi connectivity index (χ4n) is 1.18. The Bertz CT molecular complexity index is 493. The third kappa shape index (κ3) is 1.42. The smallest absolute Gasteiger partial charge is 0.287 e. The van der Waals surface area contributed by atoms with Crippen LogP contribution in [-0.2, 0) is 0 Å². The van der Waals surface area contributed by atoms with Crippen LogP contribution in [-0.4, -0.2) is 9.97 Å². The first kappa shape index (κ1) is 8.62. The minimum absolute atomic E-state index is 0.0781. The molecule has 0 bridgehead atoms. The highest BCUT2D eigenvalue weighted by molar-refractivity contribution is 5.58. The summed E-state index contributed by atoms with van der Waals surface area (Å²) in [5.41, 5.74) is -0.0793. The normalized spacial score (nSPS) is 10.1. The fraction of sp³-hybridized carbons (Fsp3) is 0. The minimum Gasteiger partial charge on any atom is -0.311 e. The second-order valence-electron chi connectivity index (χ2n) is 2.76. The molecule has 0 radical (unpaired) electrons. The van der Waals surface area contributed by atoms with Crippen molar-refractivity contribution in [1.29, 1.82) is 0 Å². The van der Waals surface area contributed by atoms with E-state index in [4.69, 9.17) is 0 Å². The van der Waals surface area contributed by atoms with E-state index >= 15 is 0 Å². The van der Waals surface area contributed by atoms with Crippen LogP contribution in [0, 0.1) is 5.82 Å². The molecular formula is C10H7FN2O. The largest absolute Gasteiger partial charge is 0.311 e. The van der Waals surface area contributed by atoms with Crippen LogP contribution in [0.2, 0.25) is 0 Å². The number of nitrogens with zero attached hydrogens (tertiary/aromatic N) is 1. The molecule has 0 aliphatic rings. The van der Waals surface area contributed by atoms with E-state index in [0.29, 0.717) is 5.56 Å². The van der Waals surface area contributed by atoms with Crippen LogP contribution in [0.5, 0.6) is 0 Å². The van der Waals surface area contributed by atoms with Gasteiger partial charge in [-0.2, -0.15) is 4.39 Å². The average molecular weight is 190 g/mol. The predicted molar refractivity (Wildman–Crippen MR) is 50.3 cm³/mol. The second-order valence-corrected chi connectivity index (χ2v) is 2.76. The Morgan fingerprint density at radius 2 is 1.93 bits per heavy atom. The Morgan fingerprint density at radius 3 is 2.64 bits per heavy atom. The van der Waals surface area contributed by atoms with Gasteiger partial charge in [-0.15, -0.1) is 0 Å². The molecule has 3 nitrogen and oxygen atoms in total. The average Bonchev–Trinajstić information content (AvgIpc) is 2.23. The van der Waals surface area contributed by atoms with E-state index in [2.05, 4.69) is 9.97 Å². The van der Waals surface area contributed by atoms with Gasteiger partial charge < -0.3 is 4.98 Å². The van der Waals surface area contributed by atoms with E-state index in [1.807, 2.05) is 6.07 Å². The molecule has 1 heterocycles.